The van der Waals surface area contributed by atoms with Gasteiger partial charge in [-0.3, -0.25) is 9.38 Å². The van der Waals surface area contributed by atoms with Gasteiger partial charge in [-0.15, -0.1) is 0 Å². The molecule has 0 fully saturated rings. The first kappa shape index (κ1) is 18.5. The second kappa shape index (κ2) is 6.77. The maximum absolute atomic E-state index is 6.39. The Bertz CT molecular complexity index is 2030. The average molecular weight is 452 g/mol. The van der Waals surface area contributed by atoms with Crippen LogP contribution in [0.5, 0.6) is 0 Å². The van der Waals surface area contributed by atoms with Crippen LogP contribution in [0.4, 0.5) is 0 Å². The third-order valence-electron chi connectivity index (χ3n) is 6.56. The van der Waals surface area contributed by atoms with Crippen LogP contribution in [-0.2, 0) is 0 Å². The number of hydrogen-bond acceptors (Lipinski definition) is 5. The summed E-state index contributed by atoms with van der Waals surface area (Å²) in [5.41, 5.74) is 6.84. The van der Waals surface area contributed by atoms with E-state index in [2.05, 4.69) is 34.2 Å². The van der Waals surface area contributed by atoms with Crippen molar-refractivity contribution in [2.45, 2.75) is 0 Å². The second-order valence-corrected chi connectivity index (χ2v) is 8.59. The highest BCUT2D eigenvalue weighted by Gasteiger charge is 2.20. The molecule has 164 valence electrons. The zero-order valence-corrected chi connectivity index (χ0v) is 18.3. The summed E-state index contributed by atoms with van der Waals surface area (Å²) in [5, 5.41) is 4.16. The summed E-state index contributed by atoms with van der Waals surface area (Å²) in [7, 11) is 0. The van der Waals surface area contributed by atoms with Gasteiger partial charge in [-0.2, -0.15) is 0 Å². The second-order valence-electron chi connectivity index (χ2n) is 8.59. The molecular weight excluding hydrogens is 436 g/mol. The minimum absolute atomic E-state index is 0.648. The number of fused-ring (bicyclic) bond motifs is 8. The Morgan fingerprint density at radius 1 is 0.686 bits per heavy atom. The Balaban J connectivity index is 1.38. The lowest BCUT2D eigenvalue weighted by Crippen LogP contribution is -1.86. The molecule has 0 atom stereocenters. The van der Waals surface area contributed by atoms with Crippen molar-refractivity contribution in [2.24, 2.45) is 0 Å². The van der Waals surface area contributed by atoms with Crippen LogP contribution in [0.15, 0.2) is 106 Å². The third-order valence-corrected chi connectivity index (χ3v) is 6.56. The number of rotatable bonds is 2. The molecule has 0 spiro atoms. The molecule has 0 amide bonds. The predicted octanol–water partition coefficient (Wildman–Crippen LogP) is 7.26. The van der Waals surface area contributed by atoms with Gasteiger partial charge in [-0.25, -0.2) is 9.97 Å². The van der Waals surface area contributed by atoms with Crippen molar-refractivity contribution in [1.82, 2.24) is 19.4 Å². The molecule has 0 aliphatic heterocycles. The van der Waals surface area contributed by atoms with Crippen molar-refractivity contribution < 1.29 is 8.83 Å². The van der Waals surface area contributed by atoms with Crippen molar-refractivity contribution >= 4 is 49.7 Å². The summed E-state index contributed by atoms with van der Waals surface area (Å²) in [5.74, 6) is 0.648. The summed E-state index contributed by atoms with van der Waals surface area (Å²) in [6.45, 7) is 0. The minimum Gasteiger partial charge on any atom is -0.455 e. The normalized spacial score (nSPS) is 12.0. The lowest BCUT2D eigenvalue weighted by atomic mass is 9.99. The van der Waals surface area contributed by atoms with E-state index in [1.807, 2.05) is 71.5 Å². The summed E-state index contributed by atoms with van der Waals surface area (Å²) >= 11 is 0. The van der Waals surface area contributed by atoms with Gasteiger partial charge in [0.1, 0.15) is 28.0 Å². The summed E-state index contributed by atoms with van der Waals surface area (Å²) in [4.78, 5) is 13.6. The van der Waals surface area contributed by atoms with Crippen LogP contribution < -0.4 is 0 Å². The number of pyridine rings is 1. The highest BCUT2D eigenvalue weighted by Crippen LogP contribution is 2.43. The summed E-state index contributed by atoms with van der Waals surface area (Å²) in [6.07, 6.45) is 7.47. The van der Waals surface area contributed by atoms with E-state index in [4.69, 9.17) is 13.8 Å². The predicted molar refractivity (Wildman–Crippen MR) is 136 cm³/mol. The largest absolute Gasteiger partial charge is 0.455 e. The fourth-order valence-electron chi connectivity index (χ4n) is 4.94. The summed E-state index contributed by atoms with van der Waals surface area (Å²) in [6, 6.07) is 24.3. The van der Waals surface area contributed by atoms with Crippen LogP contribution in [0.3, 0.4) is 0 Å². The van der Waals surface area contributed by atoms with Crippen molar-refractivity contribution in [3.05, 3.63) is 97.6 Å². The zero-order chi connectivity index (χ0) is 22.9. The molecule has 6 heteroatoms. The van der Waals surface area contributed by atoms with E-state index >= 15 is 0 Å². The van der Waals surface area contributed by atoms with Gasteiger partial charge in [0, 0.05) is 52.1 Å². The smallest absolute Gasteiger partial charge is 0.234 e. The van der Waals surface area contributed by atoms with E-state index in [9.17, 15) is 0 Å². The topological polar surface area (TPSA) is 69.4 Å². The lowest BCUT2D eigenvalue weighted by Gasteiger charge is -2.05. The molecule has 3 aromatic carbocycles. The van der Waals surface area contributed by atoms with Gasteiger partial charge in [0.25, 0.3) is 0 Å². The van der Waals surface area contributed by atoms with E-state index in [-0.39, 0.29) is 0 Å². The van der Waals surface area contributed by atoms with Gasteiger partial charge in [-0.1, -0.05) is 42.5 Å². The van der Waals surface area contributed by atoms with Crippen LogP contribution in [-0.4, -0.2) is 19.4 Å². The SMILES string of the molecule is c1ccc2c(c1)oc1c2cc(-c2ccc(-c3cn4cccnc4n3)nc2)c2oc3ccccc3c21. The minimum atomic E-state index is 0.648. The Morgan fingerprint density at radius 2 is 1.49 bits per heavy atom. The molecule has 0 N–H and O–H groups in total. The Kier molecular flexibility index (Phi) is 3.57. The fourth-order valence-corrected chi connectivity index (χ4v) is 4.94. The lowest BCUT2D eigenvalue weighted by molar-refractivity contribution is 0.663. The maximum atomic E-state index is 6.39. The van der Waals surface area contributed by atoms with Crippen LogP contribution in [0.25, 0.3) is 72.2 Å². The molecule has 0 aliphatic rings. The number of para-hydroxylation sites is 2. The first-order chi connectivity index (χ1) is 17.3. The monoisotopic (exact) mass is 452 g/mol. The Labute approximate surface area is 198 Å². The number of furan rings is 2. The number of benzene rings is 3. The molecular formula is C29H16N4O2. The average Bonchev–Trinajstić information content (AvgIpc) is 3.61. The molecule has 5 aromatic heterocycles. The molecule has 0 saturated heterocycles. The van der Waals surface area contributed by atoms with Gasteiger partial charge in [0.15, 0.2) is 0 Å². The zero-order valence-electron chi connectivity index (χ0n) is 18.3. The molecule has 8 aromatic rings. The van der Waals surface area contributed by atoms with Gasteiger partial charge in [0.2, 0.25) is 5.78 Å². The van der Waals surface area contributed by atoms with E-state index < -0.39 is 0 Å². The highest BCUT2D eigenvalue weighted by atomic mass is 16.3. The van der Waals surface area contributed by atoms with E-state index in [1.165, 1.54) is 0 Å². The van der Waals surface area contributed by atoms with Crippen LogP contribution >= 0.6 is 0 Å². The molecule has 35 heavy (non-hydrogen) atoms. The quantitative estimate of drug-likeness (QED) is 0.276. The first-order valence-corrected chi connectivity index (χ1v) is 11.4. The van der Waals surface area contributed by atoms with E-state index in [1.54, 1.807) is 6.20 Å². The molecule has 8 rings (SSSR count). The Morgan fingerprint density at radius 3 is 2.31 bits per heavy atom. The molecule has 0 saturated carbocycles. The first-order valence-electron chi connectivity index (χ1n) is 11.4. The molecule has 5 heterocycles. The molecule has 0 unspecified atom stereocenters. The van der Waals surface area contributed by atoms with Crippen LogP contribution in [0.1, 0.15) is 0 Å². The van der Waals surface area contributed by atoms with Crippen molar-refractivity contribution in [2.75, 3.05) is 0 Å². The maximum Gasteiger partial charge on any atom is 0.234 e. The molecule has 6 nitrogen and oxygen atoms in total. The van der Waals surface area contributed by atoms with Crippen molar-refractivity contribution in [3.63, 3.8) is 0 Å². The van der Waals surface area contributed by atoms with Gasteiger partial charge in [0.05, 0.1) is 11.1 Å². The highest BCUT2D eigenvalue weighted by molar-refractivity contribution is 6.25. The number of hydrogen-bond donors (Lipinski definition) is 0. The van der Waals surface area contributed by atoms with E-state index in [0.29, 0.717) is 5.78 Å². The molecule has 0 radical (unpaired) electrons. The van der Waals surface area contributed by atoms with E-state index in [0.717, 1.165) is 66.4 Å². The van der Waals surface area contributed by atoms with Gasteiger partial charge < -0.3 is 8.83 Å². The summed E-state index contributed by atoms with van der Waals surface area (Å²) < 4.78 is 14.6. The molecule has 0 aliphatic carbocycles. The fraction of sp³-hybridized carbons (Fsp3) is 0. The Hall–Kier alpha value is -4.97. The van der Waals surface area contributed by atoms with Gasteiger partial charge >= 0.3 is 0 Å². The van der Waals surface area contributed by atoms with Crippen LogP contribution in [0.2, 0.25) is 0 Å². The van der Waals surface area contributed by atoms with Crippen molar-refractivity contribution in [1.29, 1.82) is 0 Å². The third kappa shape index (κ3) is 2.62. The number of nitrogens with zero attached hydrogens (tertiary/aromatic N) is 4. The molecule has 0 bridgehead atoms. The van der Waals surface area contributed by atoms with Crippen LogP contribution in [0, 0.1) is 0 Å². The van der Waals surface area contributed by atoms with Gasteiger partial charge in [-0.05, 0) is 30.3 Å². The number of imidazole rings is 1. The number of aromatic nitrogens is 4. The standard InChI is InChI=1S/C29H16N4O2/c1-3-8-24-18(6-1)21-14-20(27-26(28(21)34-24)19-7-2-4-9-25(19)35-27)17-10-11-22(31-15-17)23-16-33-13-5-12-30-29(33)32-23/h1-16H. The van der Waals surface area contributed by atoms with Crippen molar-refractivity contribution in [3.8, 4) is 22.5 Å².